The molecule has 1 aliphatic heterocycles. The first-order valence-electron chi connectivity index (χ1n) is 12.3. The number of methoxy groups -OCH3 is 3. The molecule has 11 nitrogen and oxygen atoms in total. The summed E-state index contributed by atoms with van der Waals surface area (Å²) in [5, 5.41) is 18.7. The number of aromatic nitrogens is 4. The maximum atomic E-state index is 10.1. The molecule has 1 atom stereocenters. The summed E-state index contributed by atoms with van der Waals surface area (Å²) in [6.07, 6.45) is 3.14. The van der Waals surface area contributed by atoms with Crippen LogP contribution in [0.4, 0.5) is 0 Å². The first-order valence-corrected chi connectivity index (χ1v) is 12.3. The summed E-state index contributed by atoms with van der Waals surface area (Å²) in [7, 11) is 4.80. The number of benzene rings is 3. The monoisotopic (exact) mass is 539 g/mol. The van der Waals surface area contributed by atoms with Crippen molar-refractivity contribution < 1.29 is 28.9 Å². The molecule has 0 amide bonds. The highest BCUT2D eigenvalue weighted by Crippen LogP contribution is 2.49. The van der Waals surface area contributed by atoms with Crippen LogP contribution in [0.15, 0.2) is 72.1 Å². The van der Waals surface area contributed by atoms with Crippen LogP contribution in [-0.2, 0) is 11.4 Å². The van der Waals surface area contributed by atoms with Crippen LogP contribution in [0.2, 0.25) is 0 Å². The van der Waals surface area contributed by atoms with Gasteiger partial charge < -0.3 is 28.9 Å². The maximum absolute atomic E-state index is 10.1. The summed E-state index contributed by atoms with van der Waals surface area (Å²) in [6, 6.07) is 18.2. The Morgan fingerprint density at radius 3 is 2.58 bits per heavy atom. The molecule has 1 aliphatic rings. The molecule has 5 aromatic rings. The lowest BCUT2D eigenvalue weighted by Crippen LogP contribution is -2.15. The maximum Gasteiger partial charge on any atom is 0.228 e. The van der Waals surface area contributed by atoms with E-state index in [1.54, 1.807) is 44.2 Å². The second kappa shape index (κ2) is 10.4. The molecule has 0 saturated carbocycles. The lowest BCUT2D eigenvalue weighted by molar-refractivity contribution is 0.126. The average Bonchev–Trinajstić information content (AvgIpc) is 3.41. The first-order chi connectivity index (χ1) is 19.6. The molecule has 0 radical (unpaired) electrons. The quantitative estimate of drug-likeness (QED) is 0.217. The highest BCUT2D eigenvalue weighted by Gasteiger charge is 2.34. The van der Waals surface area contributed by atoms with Crippen molar-refractivity contribution in [2.24, 2.45) is 5.16 Å². The summed E-state index contributed by atoms with van der Waals surface area (Å²) in [5.74, 6) is 2.98. The van der Waals surface area contributed by atoms with Gasteiger partial charge in [-0.05, 0) is 53.6 Å². The van der Waals surface area contributed by atoms with Crippen LogP contribution in [0, 0.1) is 0 Å². The van der Waals surface area contributed by atoms with Crippen molar-refractivity contribution in [1.82, 2.24) is 19.6 Å². The molecule has 0 fully saturated rings. The van der Waals surface area contributed by atoms with Crippen molar-refractivity contribution in [3.63, 3.8) is 0 Å². The fourth-order valence-electron chi connectivity index (χ4n) is 4.67. The number of oxime groups is 1. The Balaban J connectivity index is 1.36. The summed E-state index contributed by atoms with van der Waals surface area (Å²) in [6.45, 7) is 0.0510. The Morgan fingerprint density at radius 1 is 0.975 bits per heavy atom. The SMILES string of the molecule is COc1ccc(/C=N\OCc2nc3c4c(ncn3n2)Oc2cc(O)ccc2C4c2ccc(OC)c(OC)c2)cc1. The fraction of sp³-hybridized carbons (Fsp3) is 0.172. The third kappa shape index (κ3) is 4.57. The zero-order valence-electron chi connectivity index (χ0n) is 21.9. The van der Waals surface area contributed by atoms with Crippen LogP contribution < -0.4 is 18.9 Å². The summed E-state index contributed by atoms with van der Waals surface area (Å²) in [5.41, 5.74) is 3.86. The minimum absolute atomic E-state index is 0.0510. The van der Waals surface area contributed by atoms with Gasteiger partial charge in [0.2, 0.25) is 5.88 Å². The zero-order chi connectivity index (χ0) is 27.6. The van der Waals surface area contributed by atoms with Gasteiger partial charge in [0.15, 0.2) is 29.6 Å². The van der Waals surface area contributed by atoms with Gasteiger partial charge in [-0.25, -0.2) is 14.5 Å². The third-order valence-electron chi connectivity index (χ3n) is 6.56. The van der Waals surface area contributed by atoms with Crippen molar-refractivity contribution in [1.29, 1.82) is 0 Å². The minimum atomic E-state index is -0.346. The molecular formula is C29H25N5O6. The largest absolute Gasteiger partial charge is 0.508 e. The van der Waals surface area contributed by atoms with Gasteiger partial charge in [0, 0.05) is 17.5 Å². The van der Waals surface area contributed by atoms with Crippen molar-refractivity contribution in [2.45, 2.75) is 12.5 Å². The van der Waals surface area contributed by atoms with Crippen LogP contribution in [-0.4, -0.2) is 52.2 Å². The molecular weight excluding hydrogens is 514 g/mol. The number of aromatic hydroxyl groups is 1. The number of fused-ring (bicyclic) bond motifs is 4. The number of ether oxygens (including phenoxy) is 4. The number of phenolic OH excluding ortho intramolecular Hbond substituents is 1. The molecule has 1 N–H and O–H groups in total. The van der Waals surface area contributed by atoms with Crippen molar-refractivity contribution in [2.75, 3.05) is 21.3 Å². The van der Waals surface area contributed by atoms with E-state index in [-0.39, 0.29) is 18.3 Å². The van der Waals surface area contributed by atoms with E-state index >= 15 is 0 Å². The highest BCUT2D eigenvalue weighted by molar-refractivity contribution is 5.79. The molecule has 1 unspecified atom stereocenters. The van der Waals surface area contributed by atoms with Crippen molar-refractivity contribution in [3.05, 3.63) is 95.1 Å². The van der Waals surface area contributed by atoms with Crippen LogP contribution in [0.5, 0.6) is 34.6 Å². The number of hydrogen-bond acceptors (Lipinski definition) is 10. The van der Waals surface area contributed by atoms with Crippen LogP contribution in [0.3, 0.4) is 0 Å². The van der Waals surface area contributed by atoms with Crippen LogP contribution >= 0.6 is 0 Å². The van der Waals surface area contributed by atoms with Gasteiger partial charge >= 0.3 is 0 Å². The Labute approximate surface area is 229 Å². The van der Waals surface area contributed by atoms with Gasteiger partial charge in [-0.3, -0.25) is 0 Å². The molecule has 2 aromatic heterocycles. The minimum Gasteiger partial charge on any atom is -0.508 e. The van der Waals surface area contributed by atoms with Gasteiger partial charge in [0.25, 0.3) is 0 Å². The smallest absolute Gasteiger partial charge is 0.228 e. The van der Waals surface area contributed by atoms with E-state index in [2.05, 4.69) is 15.2 Å². The van der Waals surface area contributed by atoms with Gasteiger partial charge in [-0.15, -0.1) is 5.10 Å². The summed E-state index contributed by atoms with van der Waals surface area (Å²) in [4.78, 5) is 14.7. The normalized spacial score (nSPS) is 13.9. The lowest BCUT2D eigenvalue weighted by atomic mass is 9.83. The zero-order valence-corrected chi connectivity index (χ0v) is 21.9. The summed E-state index contributed by atoms with van der Waals surface area (Å²) >= 11 is 0. The van der Waals surface area contributed by atoms with Crippen molar-refractivity contribution >= 4 is 11.9 Å². The van der Waals surface area contributed by atoms with E-state index in [1.165, 1.54) is 6.33 Å². The molecule has 0 spiro atoms. The van der Waals surface area contributed by atoms with Crippen molar-refractivity contribution in [3.8, 4) is 34.6 Å². The predicted molar refractivity (Wildman–Crippen MR) is 145 cm³/mol. The topological polar surface area (TPSA) is 122 Å². The molecule has 3 heterocycles. The van der Waals surface area contributed by atoms with E-state index in [0.717, 1.165) is 22.4 Å². The lowest BCUT2D eigenvalue weighted by Gasteiger charge is -2.28. The van der Waals surface area contributed by atoms with E-state index in [0.29, 0.717) is 40.2 Å². The second-order valence-corrected chi connectivity index (χ2v) is 8.91. The third-order valence-corrected chi connectivity index (χ3v) is 6.56. The van der Waals surface area contributed by atoms with E-state index in [4.69, 9.17) is 28.8 Å². The molecule has 202 valence electrons. The molecule has 0 saturated heterocycles. The number of hydrogen-bond donors (Lipinski definition) is 1. The van der Waals surface area contributed by atoms with Gasteiger partial charge in [-0.2, -0.15) is 0 Å². The Bertz CT molecular complexity index is 1720. The van der Waals surface area contributed by atoms with Gasteiger partial charge in [-0.1, -0.05) is 17.3 Å². The predicted octanol–water partition coefficient (Wildman–Crippen LogP) is 4.69. The van der Waals surface area contributed by atoms with Gasteiger partial charge in [0.1, 0.15) is 23.6 Å². The fourth-order valence-corrected chi connectivity index (χ4v) is 4.67. The number of phenols is 1. The number of rotatable bonds is 8. The average molecular weight is 540 g/mol. The molecule has 3 aromatic carbocycles. The molecule has 0 bridgehead atoms. The second-order valence-electron chi connectivity index (χ2n) is 8.91. The van der Waals surface area contributed by atoms with Gasteiger partial charge in [0.05, 0.1) is 33.1 Å². The van der Waals surface area contributed by atoms with Crippen LogP contribution in [0.25, 0.3) is 5.65 Å². The van der Waals surface area contributed by atoms with E-state index in [9.17, 15) is 5.11 Å². The Hall–Kier alpha value is -5.32. The Morgan fingerprint density at radius 2 is 1.80 bits per heavy atom. The van der Waals surface area contributed by atoms with E-state index < -0.39 is 0 Å². The standard InChI is InChI=1S/C29H25N5O6/c1-36-20-8-4-17(5-9-20)14-31-39-15-25-32-28-27-26(18-6-11-22(37-2)24(12-18)38-3)21-10-7-19(35)13-23(21)40-29(27)30-16-34(28)33-25/h4-14,16,26,35H,15H2,1-3H3/b31-14-. The highest BCUT2D eigenvalue weighted by atomic mass is 16.6. The molecule has 40 heavy (non-hydrogen) atoms. The molecule has 6 rings (SSSR count). The molecule has 11 heteroatoms. The van der Waals surface area contributed by atoms with Crippen LogP contribution in [0.1, 0.15) is 34.0 Å². The Kier molecular flexibility index (Phi) is 6.52. The number of nitrogens with zero attached hydrogens (tertiary/aromatic N) is 5. The summed E-state index contributed by atoms with van der Waals surface area (Å²) < 4.78 is 23.9. The van der Waals surface area contributed by atoms with E-state index in [1.807, 2.05) is 48.5 Å². The first kappa shape index (κ1) is 25.0. The molecule has 0 aliphatic carbocycles.